The summed E-state index contributed by atoms with van der Waals surface area (Å²) in [7, 11) is 3.85. The number of nitrogens with one attached hydrogen (secondary N) is 1. The molecule has 7 heteroatoms. The first-order valence-electron chi connectivity index (χ1n) is 8.17. The average Bonchev–Trinajstić information content (AvgIpc) is 3.05. The fourth-order valence-corrected chi connectivity index (χ4v) is 3.10. The lowest BCUT2D eigenvalue weighted by atomic mass is 10.1. The fraction of sp³-hybridized carbons (Fsp3) is 0.588. The lowest BCUT2D eigenvalue weighted by Crippen LogP contribution is -2.42. The van der Waals surface area contributed by atoms with Gasteiger partial charge < -0.3 is 19.7 Å². The minimum atomic E-state index is 0.532. The molecular weight excluding hydrogens is 349 g/mol. The maximum atomic E-state index is 6.08. The van der Waals surface area contributed by atoms with Crippen LogP contribution in [0.4, 0.5) is 0 Å². The molecule has 1 atom stereocenters. The lowest BCUT2D eigenvalue weighted by molar-refractivity contribution is 0.181. The molecule has 0 amide bonds. The minimum absolute atomic E-state index is 0.532. The molecule has 0 aliphatic carbocycles. The van der Waals surface area contributed by atoms with Crippen LogP contribution in [-0.2, 0) is 4.74 Å². The second-order valence-corrected chi connectivity index (χ2v) is 6.70. The topological polar surface area (TPSA) is 46.1 Å². The van der Waals surface area contributed by atoms with Crippen LogP contribution in [-0.4, -0.2) is 57.9 Å². The number of guanidine groups is 1. The maximum Gasteiger partial charge on any atom is 0.193 e. The van der Waals surface area contributed by atoms with E-state index in [-0.39, 0.29) is 0 Å². The summed E-state index contributed by atoms with van der Waals surface area (Å²) in [6, 6.07) is 5.24. The summed E-state index contributed by atoms with van der Waals surface area (Å²) in [4.78, 5) is 6.47. The summed E-state index contributed by atoms with van der Waals surface area (Å²) < 4.78 is 11.1. The number of ether oxygens (including phenoxy) is 2. The summed E-state index contributed by atoms with van der Waals surface area (Å²) in [5, 5.41) is 4.49. The Morgan fingerprint density at radius 3 is 2.96 bits per heavy atom. The monoisotopic (exact) mass is 373 g/mol. The molecule has 2 rings (SSSR count). The van der Waals surface area contributed by atoms with Gasteiger partial charge in [-0.15, -0.1) is 0 Å². The smallest absolute Gasteiger partial charge is 0.193 e. The van der Waals surface area contributed by atoms with Gasteiger partial charge in [0, 0.05) is 44.7 Å². The number of rotatable bonds is 7. The van der Waals surface area contributed by atoms with Gasteiger partial charge in [-0.2, -0.15) is 0 Å². The predicted molar refractivity (Wildman–Crippen MR) is 99.5 cm³/mol. The van der Waals surface area contributed by atoms with Gasteiger partial charge >= 0.3 is 0 Å². The Kier molecular flexibility index (Phi) is 7.95. The van der Waals surface area contributed by atoms with Gasteiger partial charge in [0.25, 0.3) is 0 Å². The number of aliphatic imine (C=N–C) groups is 1. The van der Waals surface area contributed by atoms with Gasteiger partial charge in [0.05, 0.1) is 18.2 Å². The van der Waals surface area contributed by atoms with Gasteiger partial charge in [-0.05, 0) is 31.0 Å². The lowest BCUT2D eigenvalue weighted by Gasteiger charge is -2.24. The number of halogens is 2. The van der Waals surface area contributed by atoms with E-state index in [2.05, 4.69) is 22.3 Å². The first kappa shape index (κ1) is 19.2. The Morgan fingerprint density at radius 2 is 2.29 bits per heavy atom. The Hall–Kier alpha value is -1.17. The molecule has 1 N–H and O–H groups in total. The largest absolute Gasteiger partial charge is 0.492 e. The van der Waals surface area contributed by atoms with E-state index in [4.69, 9.17) is 32.7 Å². The van der Waals surface area contributed by atoms with Crippen molar-refractivity contribution in [1.29, 1.82) is 0 Å². The minimum Gasteiger partial charge on any atom is -0.492 e. The average molecular weight is 374 g/mol. The zero-order valence-electron chi connectivity index (χ0n) is 14.2. The third-order valence-corrected chi connectivity index (χ3v) is 4.42. The summed E-state index contributed by atoms with van der Waals surface area (Å²) in [6.45, 7) is 4.03. The Balaban J connectivity index is 1.66. The molecule has 1 unspecified atom stereocenters. The van der Waals surface area contributed by atoms with Gasteiger partial charge in [0.1, 0.15) is 5.75 Å². The number of hydrogen-bond acceptors (Lipinski definition) is 3. The molecule has 0 aromatic heterocycles. The third kappa shape index (κ3) is 6.04. The van der Waals surface area contributed by atoms with E-state index >= 15 is 0 Å². The van der Waals surface area contributed by atoms with Crippen LogP contribution in [0, 0.1) is 5.92 Å². The van der Waals surface area contributed by atoms with Crippen molar-refractivity contribution >= 4 is 29.2 Å². The summed E-state index contributed by atoms with van der Waals surface area (Å²) >= 11 is 11.9. The van der Waals surface area contributed by atoms with Crippen LogP contribution in [0.3, 0.4) is 0 Å². The molecule has 0 spiro atoms. The Morgan fingerprint density at radius 1 is 1.46 bits per heavy atom. The second kappa shape index (κ2) is 9.97. The van der Waals surface area contributed by atoms with E-state index in [1.165, 1.54) is 0 Å². The molecule has 24 heavy (non-hydrogen) atoms. The van der Waals surface area contributed by atoms with Crippen molar-refractivity contribution in [2.75, 3.05) is 47.0 Å². The molecule has 1 heterocycles. The predicted octanol–water partition coefficient (Wildman–Crippen LogP) is 3.31. The van der Waals surface area contributed by atoms with Crippen LogP contribution in [0.15, 0.2) is 23.2 Å². The highest BCUT2D eigenvalue weighted by Gasteiger charge is 2.18. The van der Waals surface area contributed by atoms with Crippen molar-refractivity contribution in [2.45, 2.75) is 12.8 Å². The van der Waals surface area contributed by atoms with Gasteiger partial charge in [-0.1, -0.05) is 23.2 Å². The molecule has 5 nitrogen and oxygen atoms in total. The van der Waals surface area contributed by atoms with Crippen LogP contribution in [0.1, 0.15) is 12.8 Å². The second-order valence-electron chi connectivity index (χ2n) is 5.86. The molecule has 1 aliphatic heterocycles. The van der Waals surface area contributed by atoms with Crippen LogP contribution in [0.25, 0.3) is 0 Å². The number of nitrogens with zero attached hydrogens (tertiary/aromatic N) is 2. The molecule has 0 radical (unpaired) electrons. The quantitative estimate of drug-likeness (QED) is 0.452. The summed E-state index contributed by atoms with van der Waals surface area (Å²) in [5.74, 6) is 2.14. The summed E-state index contributed by atoms with van der Waals surface area (Å²) in [5.41, 5.74) is 0. The van der Waals surface area contributed by atoms with Crippen molar-refractivity contribution < 1.29 is 9.47 Å². The highest BCUT2D eigenvalue weighted by Crippen LogP contribution is 2.27. The number of hydrogen-bond donors (Lipinski definition) is 1. The maximum absolute atomic E-state index is 6.08. The van der Waals surface area contributed by atoms with Crippen LogP contribution in [0.2, 0.25) is 10.0 Å². The van der Waals surface area contributed by atoms with Crippen LogP contribution < -0.4 is 10.1 Å². The molecular formula is C17H25Cl2N3O2. The van der Waals surface area contributed by atoms with Crippen molar-refractivity contribution in [3.05, 3.63) is 28.2 Å². The molecule has 1 aromatic rings. The van der Waals surface area contributed by atoms with Gasteiger partial charge in [-0.25, -0.2) is 0 Å². The molecule has 1 aliphatic rings. The zero-order valence-corrected chi connectivity index (χ0v) is 15.7. The van der Waals surface area contributed by atoms with Crippen molar-refractivity contribution in [3.63, 3.8) is 0 Å². The Bertz CT molecular complexity index is 549. The molecule has 134 valence electrons. The highest BCUT2D eigenvalue weighted by atomic mass is 35.5. The SMILES string of the molecule is CN=C(NCCCOc1ccc(Cl)cc1Cl)N(C)CC1CCOC1. The number of benzene rings is 1. The fourth-order valence-electron chi connectivity index (χ4n) is 2.63. The third-order valence-electron chi connectivity index (χ3n) is 3.89. The summed E-state index contributed by atoms with van der Waals surface area (Å²) in [6.07, 6.45) is 1.97. The van der Waals surface area contributed by atoms with E-state index < -0.39 is 0 Å². The molecule has 1 aromatic carbocycles. The molecule has 0 bridgehead atoms. The molecule has 1 saturated heterocycles. The first-order chi connectivity index (χ1) is 11.6. The van der Waals surface area contributed by atoms with Crippen molar-refractivity contribution in [2.24, 2.45) is 10.9 Å². The van der Waals surface area contributed by atoms with E-state index in [1.807, 2.05) is 0 Å². The van der Waals surface area contributed by atoms with Crippen molar-refractivity contribution in [1.82, 2.24) is 10.2 Å². The first-order valence-corrected chi connectivity index (χ1v) is 8.93. The van der Waals surface area contributed by atoms with Crippen molar-refractivity contribution in [3.8, 4) is 5.75 Å². The van der Waals surface area contributed by atoms with Gasteiger partial charge in [0.15, 0.2) is 5.96 Å². The van der Waals surface area contributed by atoms with E-state index in [1.54, 1.807) is 25.2 Å². The van der Waals surface area contributed by atoms with Crippen LogP contribution >= 0.6 is 23.2 Å². The van der Waals surface area contributed by atoms with E-state index in [0.29, 0.717) is 28.3 Å². The van der Waals surface area contributed by atoms with Gasteiger partial charge in [0.2, 0.25) is 0 Å². The van der Waals surface area contributed by atoms with Gasteiger partial charge in [-0.3, -0.25) is 4.99 Å². The Labute approximate surface area is 153 Å². The van der Waals surface area contributed by atoms with E-state index in [9.17, 15) is 0 Å². The standard InChI is InChI=1S/C17H25Cl2N3O2/c1-20-17(22(2)11-13-6-9-23-12-13)21-7-3-8-24-16-5-4-14(18)10-15(16)19/h4-5,10,13H,3,6-9,11-12H2,1-2H3,(H,20,21). The molecule has 1 fully saturated rings. The highest BCUT2D eigenvalue weighted by molar-refractivity contribution is 6.35. The normalized spacial score (nSPS) is 17.8. The van der Waals surface area contributed by atoms with Crippen LogP contribution in [0.5, 0.6) is 5.75 Å². The molecule has 0 saturated carbocycles. The zero-order chi connectivity index (χ0) is 17.4. The van der Waals surface area contributed by atoms with E-state index in [0.717, 1.165) is 45.1 Å².